The maximum absolute atomic E-state index is 13.3. The van der Waals surface area contributed by atoms with Crippen LogP contribution in [0.3, 0.4) is 0 Å². The zero-order valence-corrected chi connectivity index (χ0v) is 8.82. The van der Waals surface area contributed by atoms with Crippen LogP contribution in [0, 0.1) is 0 Å². The second kappa shape index (κ2) is 3.92. The summed E-state index contributed by atoms with van der Waals surface area (Å²) in [4.78, 5) is 1.80. The minimum Gasteiger partial charge on any atom is -0.386 e. The Morgan fingerprint density at radius 3 is 2.33 bits per heavy atom. The van der Waals surface area contributed by atoms with Gasteiger partial charge >= 0.3 is 18.0 Å². The van der Waals surface area contributed by atoms with E-state index in [1.807, 2.05) is 0 Å². The molecule has 1 fully saturated rings. The van der Waals surface area contributed by atoms with Crippen molar-refractivity contribution in [1.82, 2.24) is 0 Å². The molecule has 1 rings (SSSR count). The summed E-state index contributed by atoms with van der Waals surface area (Å²) >= 11 is 0. The molecule has 0 aliphatic carbocycles. The normalized spacial score (nSPS) is 40.1. The second-order valence-electron chi connectivity index (χ2n) is 3.97. The first-order valence-corrected chi connectivity index (χ1v) is 4.51. The Kier molecular flexibility index (Phi) is 3.24. The largest absolute Gasteiger partial charge is 0.417 e. The quantitative estimate of drug-likeness (QED) is 0.330. The predicted molar refractivity (Wildman–Crippen MR) is 45.2 cm³/mol. The van der Waals surface area contributed by atoms with Crippen LogP contribution in [-0.2, 0) is 4.74 Å². The van der Waals surface area contributed by atoms with E-state index in [2.05, 4.69) is 9.85 Å². The monoisotopic (exact) mass is 277 g/mol. The minimum absolute atomic E-state index is 0.351. The van der Waals surface area contributed by atoms with Crippen LogP contribution in [-0.4, -0.2) is 39.9 Å². The fourth-order valence-corrected chi connectivity index (χ4v) is 1.46. The Morgan fingerprint density at radius 2 is 1.94 bits per heavy atom. The molecule has 3 unspecified atom stereocenters. The highest BCUT2D eigenvalue weighted by Crippen LogP contribution is 2.50. The third-order valence-electron chi connectivity index (χ3n) is 2.58. The van der Waals surface area contributed by atoms with E-state index in [4.69, 9.17) is 10.6 Å². The summed E-state index contributed by atoms with van der Waals surface area (Å²) in [5.74, 6) is -8.67. The second-order valence-corrected chi connectivity index (χ2v) is 3.97. The molecule has 0 saturated carbocycles. The van der Waals surface area contributed by atoms with Gasteiger partial charge in [-0.2, -0.15) is 22.0 Å². The molecule has 0 aromatic carbocycles. The van der Waals surface area contributed by atoms with Crippen molar-refractivity contribution in [3.8, 4) is 0 Å². The van der Waals surface area contributed by atoms with Gasteiger partial charge in [0.2, 0.25) is 0 Å². The van der Waals surface area contributed by atoms with E-state index < -0.39 is 36.1 Å². The van der Waals surface area contributed by atoms with Crippen molar-refractivity contribution in [3.63, 3.8) is 0 Å². The van der Waals surface area contributed by atoms with Crippen LogP contribution in [0.15, 0.2) is 5.11 Å². The summed E-state index contributed by atoms with van der Waals surface area (Å²) in [5, 5.41) is 20.4. The number of nitrogens with zero attached hydrogens (tertiary/aromatic N) is 3. The smallest absolute Gasteiger partial charge is 0.386 e. The number of rotatable bonds is 1. The summed E-state index contributed by atoms with van der Waals surface area (Å²) in [6.45, 7) is 0.351. The Labute approximate surface area is 96.6 Å². The molecule has 0 aromatic rings. The van der Waals surface area contributed by atoms with Gasteiger partial charge in [-0.15, -0.1) is 0 Å². The summed E-state index contributed by atoms with van der Waals surface area (Å²) in [6.07, 6.45) is -9.54. The maximum Gasteiger partial charge on any atom is 0.417 e. The van der Waals surface area contributed by atoms with Crippen LogP contribution in [0.4, 0.5) is 22.0 Å². The van der Waals surface area contributed by atoms with E-state index in [1.165, 1.54) is 0 Å². The van der Waals surface area contributed by atoms with E-state index in [9.17, 15) is 27.1 Å². The Balaban J connectivity index is 3.29. The molecule has 0 aromatic heterocycles. The number of azide groups is 1. The Hall–Kier alpha value is -1.16. The van der Waals surface area contributed by atoms with E-state index in [-0.39, 0.29) is 0 Å². The van der Waals surface area contributed by atoms with Crippen molar-refractivity contribution in [2.75, 3.05) is 0 Å². The minimum atomic E-state index is -5.15. The molecule has 1 heterocycles. The van der Waals surface area contributed by atoms with Gasteiger partial charge in [-0.05, 0) is 17.6 Å². The van der Waals surface area contributed by atoms with Gasteiger partial charge in [-0.25, -0.2) is 0 Å². The molecule has 0 spiro atoms. The van der Waals surface area contributed by atoms with E-state index in [1.54, 1.807) is 4.91 Å². The predicted octanol–water partition coefficient (Wildman–Crippen LogP) is 1.68. The van der Waals surface area contributed by atoms with Gasteiger partial charge in [0.25, 0.3) is 0 Å². The van der Waals surface area contributed by atoms with Crippen molar-refractivity contribution >= 4 is 0 Å². The lowest BCUT2D eigenvalue weighted by atomic mass is 9.89. The summed E-state index contributed by atoms with van der Waals surface area (Å²) in [6, 6.07) is 0. The number of aliphatic hydroxyl groups is 2. The summed E-state index contributed by atoms with van der Waals surface area (Å²) in [5.41, 5.74) is 4.73. The van der Waals surface area contributed by atoms with Crippen molar-refractivity contribution in [2.45, 2.75) is 43.1 Å². The van der Waals surface area contributed by atoms with Gasteiger partial charge in [-0.3, -0.25) is 0 Å². The Bertz CT molecular complexity index is 396. The number of halogens is 5. The number of hydrogen-bond acceptors (Lipinski definition) is 4. The van der Waals surface area contributed by atoms with Crippen molar-refractivity contribution in [3.05, 3.63) is 10.4 Å². The van der Waals surface area contributed by atoms with Gasteiger partial charge in [0, 0.05) is 11.3 Å². The Morgan fingerprint density at radius 1 is 1.44 bits per heavy atom. The third kappa shape index (κ3) is 1.99. The molecule has 1 aliphatic rings. The number of alkyl halides is 5. The highest BCUT2D eigenvalue weighted by Gasteiger charge is 2.71. The lowest BCUT2D eigenvalue weighted by molar-refractivity contribution is -0.438. The third-order valence-corrected chi connectivity index (χ3v) is 2.58. The molecule has 3 atom stereocenters. The molecule has 11 heteroatoms. The first kappa shape index (κ1) is 14.9. The van der Waals surface area contributed by atoms with Crippen molar-refractivity contribution in [2.24, 2.45) is 5.11 Å². The highest BCUT2D eigenvalue weighted by molar-refractivity contribution is 5.03. The van der Waals surface area contributed by atoms with Crippen LogP contribution in [0.1, 0.15) is 13.3 Å². The van der Waals surface area contributed by atoms with Crippen LogP contribution in [0.5, 0.6) is 0 Å². The zero-order valence-electron chi connectivity index (χ0n) is 8.82. The summed E-state index contributed by atoms with van der Waals surface area (Å²) < 4.78 is 68.3. The molecule has 2 N–H and O–H groups in total. The lowest BCUT2D eigenvalue weighted by Crippen LogP contribution is -2.68. The van der Waals surface area contributed by atoms with Crippen molar-refractivity contribution < 1.29 is 36.9 Å². The molecule has 0 amide bonds. The van der Waals surface area contributed by atoms with Gasteiger partial charge in [0.15, 0.2) is 5.60 Å². The highest BCUT2D eigenvalue weighted by atomic mass is 19.4. The molecule has 0 bridgehead atoms. The van der Waals surface area contributed by atoms with E-state index in [0.29, 0.717) is 6.92 Å². The van der Waals surface area contributed by atoms with Crippen LogP contribution in [0.25, 0.3) is 10.4 Å². The average Bonchev–Trinajstić information content (AvgIpc) is 2.13. The molecule has 18 heavy (non-hydrogen) atoms. The van der Waals surface area contributed by atoms with Crippen LogP contribution >= 0.6 is 0 Å². The van der Waals surface area contributed by atoms with E-state index >= 15 is 0 Å². The van der Waals surface area contributed by atoms with Gasteiger partial charge in [0.1, 0.15) is 6.10 Å². The van der Waals surface area contributed by atoms with Gasteiger partial charge < -0.3 is 14.9 Å². The fourth-order valence-electron chi connectivity index (χ4n) is 1.46. The standard InChI is InChI=1S/C7H8F5N3O3/c1-4(6(10,11)12)2-3(16)5(8,9)7(17,18-4)14-15-13/h3,16-17H,2H2,1H3. The number of hydrogen-bond donors (Lipinski definition) is 2. The summed E-state index contributed by atoms with van der Waals surface area (Å²) in [7, 11) is 0. The molecule has 104 valence electrons. The molecule has 0 radical (unpaired) electrons. The SMILES string of the molecule is CC1(C(F)(F)F)CC(O)C(F)(F)C(O)(N=[N+]=[N-])O1. The molecular weight excluding hydrogens is 269 g/mol. The lowest BCUT2D eigenvalue weighted by Gasteiger charge is -2.47. The molecular formula is C7H8F5N3O3. The number of ether oxygens (including phenoxy) is 1. The zero-order chi connectivity index (χ0) is 14.4. The van der Waals surface area contributed by atoms with Gasteiger partial charge in [-0.1, -0.05) is 0 Å². The first-order chi connectivity index (χ1) is 7.90. The topological polar surface area (TPSA) is 98.5 Å². The van der Waals surface area contributed by atoms with Gasteiger partial charge in [0.05, 0.1) is 0 Å². The first-order valence-electron chi connectivity index (χ1n) is 4.51. The van der Waals surface area contributed by atoms with Crippen LogP contribution < -0.4 is 0 Å². The average molecular weight is 277 g/mol. The number of aliphatic hydroxyl groups excluding tert-OH is 1. The van der Waals surface area contributed by atoms with Crippen LogP contribution in [0.2, 0.25) is 0 Å². The van der Waals surface area contributed by atoms with Crippen molar-refractivity contribution in [1.29, 1.82) is 0 Å². The molecule has 1 aliphatic heterocycles. The fraction of sp³-hybridized carbons (Fsp3) is 1.00. The van der Waals surface area contributed by atoms with E-state index in [0.717, 1.165) is 0 Å². The molecule has 1 saturated heterocycles. The molecule has 6 nitrogen and oxygen atoms in total. The maximum atomic E-state index is 13.3.